The molecule has 0 amide bonds. The Labute approximate surface area is 124 Å². The number of nitrogens with zero attached hydrogens (tertiary/aromatic N) is 1. The maximum Gasteiger partial charge on any atom is 0.0783 e. The van der Waals surface area contributed by atoms with E-state index >= 15 is 0 Å². The van der Waals surface area contributed by atoms with E-state index < -0.39 is 0 Å². The number of rotatable bonds is 2. The van der Waals surface area contributed by atoms with Crippen molar-refractivity contribution in [1.29, 1.82) is 0 Å². The van der Waals surface area contributed by atoms with Gasteiger partial charge in [0.2, 0.25) is 0 Å². The summed E-state index contributed by atoms with van der Waals surface area (Å²) in [5.41, 5.74) is 0.0922. The summed E-state index contributed by atoms with van der Waals surface area (Å²) in [4.78, 5) is 2.35. The summed E-state index contributed by atoms with van der Waals surface area (Å²) < 4.78 is 6.07. The van der Waals surface area contributed by atoms with Crippen LogP contribution in [0.3, 0.4) is 0 Å². The Balaban J connectivity index is 1.64. The van der Waals surface area contributed by atoms with Gasteiger partial charge in [-0.1, -0.05) is 0 Å². The van der Waals surface area contributed by atoms with E-state index in [1.807, 2.05) is 23.5 Å². The maximum atomic E-state index is 10.8. The van der Waals surface area contributed by atoms with E-state index in [9.17, 15) is 5.11 Å². The van der Waals surface area contributed by atoms with Gasteiger partial charge in [0.15, 0.2) is 0 Å². The highest BCUT2D eigenvalue weighted by Gasteiger charge is 2.44. The molecule has 0 bridgehead atoms. The molecule has 4 unspecified atom stereocenters. The molecular weight excluding hydrogens is 278 g/mol. The quantitative estimate of drug-likeness (QED) is 0.839. The van der Waals surface area contributed by atoms with Crippen molar-refractivity contribution >= 4 is 23.5 Å². The molecule has 3 rings (SSSR count). The Hall–Kier alpha value is 0.580. The molecule has 1 spiro atoms. The molecule has 0 aliphatic carbocycles. The molecule has 19 heavy (non-hydrogen) atoms. The van der Waals surface area contributed by atoms with Gasteiger partial charge < -0.3 is 9.84 Å². The van der Waals surface area contributed by atoms with E-state index in [0.717, 1.165) is 37.5 Å². The summed E-state index contributed by atoms with van der Waals surface area (Å²) in [5.74, 6) is 5.07. The van der Waals surface area contributed by atoms with E-state index in [-0.39, 0.29) is 11.7 Å². The fourth-order valence-electron chi connectivity index (χ4n) is 3.60. The van der Waals surface area contributed by atoms with E-state index in [1.165, 1.54) is 17.9 Å². The molecular formula is C14H25NO2S2. The summed E-state index contributed by atoms with van der Waals surface area (Å²) in [6.07, 6.45) is 3.10. The fraction of sp³-hybridized carbons (Fsp3) is 1.00. The Morgan fingerprint density at radius 1 is 1.37 bits per heavy atom. The first-order valence-electron chi connectivity index (χ1n) is 7.38. The van der Waals surface area contributed by atoms with Crippen molar-refractivity contribution < 1.29 is 9.84 Å². The Kier molecular flexibility index (Phi) is 4.69. The first-order valence-corrected chi connectivity index (χ1v) is 9.69. The molecule has 0 radical (unpaired) electrons. The van der Waals surface area contributed by atoms with Crippen LogP contribution in [0.5, 0.6) is 0 Å². The largest absolute Gasteiger partial charge is 0.391 e. The summed E-state index contributed by atoms with van der Waals surface area (Å²) in [6, 6.07) is 0.341. The molecule has 110 valence electrons. The van der Waals surface area contributed by atoms with E-state index in [1.54, 1.807) is 0 Å². The summed E-state index contributed by atoms with van der Waals surface area (Å²) >= 11 is 3.99. The van der Waals surface area contributed by atoms with Gasteiger partial charge in [-0.2, -0.15) is 23.5 Å². The highest BCUT2D eigenvalue weighted by atomic mass is 32.2. The van der Waals surface area contributed by atoms with Crippen molar-refractivity contribution in [3.8, 4) is 0 Å². The zero-order valence-corrected chi connectivity index (χ0v) is 13.3. The van der Waals surface area contributed by atoms with Crippen LogP contribution >= 0.6 is 23.5 Å². The van der Waals surface area contributed by atoms with Crippen LogP contribution < -0.4 is 0 Å². The number of thioether (sulfide) groups is 2. The van der Waals surface area contributed by atoms with Crippen molar-refractivity contribution in [3.63, 3.8) is 0 Å². The molecule has 3 nitrogen and oxygen atoms in total. The lowest BCUT2D eigenvalue weighted by Gasteiger charge is -2.44. The first-order chi connectivity index (χ1) is 9.20. The van der Waals surface area contributed by atoms with Gasteiger partial charge in [-0.15, -0.1) is 0 Å². The second kappa shape index (κ2) is 6.14. The number of likely N-dealkylation sites (N-methyl/N-ethyl adjacent to an activating group) is 1. The molecule has 4 atom stereocenters. The van der Waals surface area contributed by atoms with Crippen molar-refractivity contribution in [2.24, 2.45) is 5.92 Å². The van der Waals surface area contributed by atoms with Gasteiger partial charge in [-0.25, -0.2) is 0 Å². The van der Waals surface area contributed by atoms with Crippen molar-refractivity contribution in [2.45, 2.75) is 37.0 Å². The average Bonchev–Trinajstić information content (AvgIpc) is 2.86. The molecule has 3 saturated heterocycles. The van der Waals surface area contributed by atoms with Crippen LogP contribution in [0.4, 0.5) is 0 Å². The number of hydrogen-bond donors (Lipinski definition) is 1. The zero-order chi connectivity index (χ0) is 13.3. The lowest BCUT2D eigenvalue weighted by molar-refractivity contribution is -0.110. The van der Waals surface area contributed by atoms with Gasteiger partial charge in [-0.05, 0) is 38.0 Å². The monoisotopic (exact) mass is 303 g/mol. The Bertz CT molecular complexity index is 310. The molecule has 0 aromatic carbocycles. The smallest absolute Gasteiger partial charge is 0.0783 e. The minimum Gasteiger partial charge on any atom is -0.391 e. The van der Waals surface area contributed by atoms with Crippen LogP contribution in [-0.4, -0.2) is 71.0 Å². The highest BCUT2D eigenvalue weighted by Crippen LogP contribution is 2.42. The predicted molar refractivity (Wildman–Crippen MR) is 83.1 cm³/mol. The Morgan fingerprint density at radius 2 is 2.26 bits per heavy atom. The van der Waals surface area contributed by atoms with Crippen molar-refractivity contribution in [3.05, 3.63) is 0 Å². The fourth-order valence-corrected chi connectivity index (χ4v) is 6.25. The van der Waals surface area contributed by atoms with Crippen LogP contribution in [-0.2, 0) is 4.74 Å². The van der Waals surface area contributed by atoms with Crippen molar-refractivity contribution in [2.75, 3.05) is 43.2 Å². The summed E-state index contributed by atoms with van der Waals surface area (Å²) in [6.45, 7) is 1.95. The van der Waals surface area contributed by atoms with E-state index in [0.29, 0.717) is 12.0 Å². The minimum atomic E-state index is -0.177. The molecule has 3 fully saturated rings. The molecule has 0 aromatic rings. The second-order valence-electron chi connectivity index (χ2n) is 6.20. The summed E-state index contributed by atoms with van der Waals surface area (Å²) in [7, 11) is 2.16. The van der Waals surface area contributed by atoms with Gasteiger partial charge in [0, 0.05) is 36.5 Å². The third-order valence-electron chi connectivity index (χ3n) is 4.92. The van der Waals surface area contributed by atoms with Gasteiger partial charge >= 0.3 is 0 Å². The third-order valence-corrected chi connectivity index (χ3v) is 7.19. The molecule has 0 aromatic heterocycles. The predicted octanol–water partition coefficient (Wildman–Crippen LogP) is 1.70. The van der Waals surface area contributed by atoms with Crippen LogP contribution in [0.25, 0.3) is 0 Å². The minimum absolute atomic E-state index is 0.0922. The van der Waals surface area contributed by atoms with Crippen molar-refractivity contribution in [1.82, 2.24) is 4.90 Å². The normalized spacial score (nSPS) is 42.6. The van der Waals surface area contributed by atoms with Crippen LogP contribution in [0.2, 0.25) is 0 Å². The van der Waals surface area contributed by atoms with Crippen LogP contribution in [0.15, 0.2) is 0 Å². The number of hydrogen-bond acceptors (Lipinski definition) is 5. The van der Waals surface area contributed by atoms with Gasteiger partial charge in [0.25, 0.3) is 0 Å². The third kappa shape index (κ3) is 3.10. The first kappa shape index (κ1) is 14.5. The second-order valence-corrected chi connectivity index (χ2v) is 8.46. The molecule has 5 heteroatoms. The SMILES string of the molecule is CN1CCSCC1C(O)C1CCOC2(CCSC2)C1. The lowest BCUT2D eigenvalue weighted by Crippen LogP contribution is -2.53. The maximum absolute atomic E-state index is 10.8. The molecule has 3 heterocycles. The average molecular weight is 303 g/mol. The summed E-state index contributed by atoms with van der Waals surface area (Å²) in [5, 5.41) is 10.8. The zero-order valence-electron chi connectivity index (χ0n) is 11.7. The highest BCUT2D eigenvalue weighted by molar-refractivity contribution is 7.99. The number of aliphatic hydroxyl groups excluding tert-OH is 1. The van der Waals surface area contributed by atoms with E-state index in [4.69, 9.17) is 4.74 Å². The topological polar surface area (TPSA) is 32.7 Å². The standard InChI is InChI=1S/C14H25NO2S2/c1-15-4-7-18-9-12(15)13(16)11-2-5-17-14(8-11)3-6-19-10-14/h11-13,16H,2-10H2,1H3. The van der Waals surface area contributed by atoms with Gasteiger partial charge in [-0.3, -0.25) is 4.90 Å². The van der Waals surface area contributed by atoms with E-state index in [2.05, 4.69) is 11.9 Å². The van der Waals surface area contributed by atoms with Crippen LogP contribution in [0.1, 0.15) is 19.3 Å². The Morgan fingerprint density at radius 3 is 3.00 bits per heavy atom. The molecule has 3 aliphatic heterocycles. The van der Waals surface area contributed by atoms with Crippen LogP contribution in [0, 0.1) is 5.92 Å². The number of ether oxygens (including phenoxy) is 1. The molecule has 3 aliphatic rings. The lowest BCUT2D eigenvalue weighted by atomic mass is 9.80. The molecule has 0 saturated carbocycles. The van der Waals surface area contributed by atoms with Gasteiger partial charge in [0.1, 0.15) is 0 Å². The molecule has 1 N–H and O–H groups in total. The van der Waals surface area contributed by atoms with Gasteiger partial charge in [0.05, 0.1) is 11.7 Å². The number of aliphatic hydroxyl groups is 1.